The molecule has 0 fully saturated rings. The molecule has 0 aliphatic carbocycles. The molecule has 0 saturated heterocycles. The number of primary amides is 1. The van der Waals surface area contributed by atoms with E-state index in [-0.39, 0.29) is 0 Å². The van der Waals surface area contributed by atoms with Crippen LogP contribution in [0, 0.1) is 0 Å². The molecule has 0 unspecified atom stereocenters. The van der Waals surface area contributed by atoms with Crippen molar-refractivity contribution in [2.75, 3.05) is 20.3 Å². The first kappa shape index (κ1) is 18.8. The molecule has 5 heteroatoms. The second-order valence-electron chi connectivity index (χ2n) is 6.23. The van der Waals surface area contributed by atoms with Crippen LogP contribution in [0.15, 0.2) is 48.5 Å². The van der Waals surface area contributed by atoms with Crippen molar-refractivity contribution in [3.8, 4) is 16.9 Å². The zero-order valence-corrected chi connectivity index (χ0v) is 15.0. The van der Waals surface area contributed by atoms with Crippen molar-refractivity contribution in [1.29, 1.82) is 0 Å². The van der Waals surface area contributed by atoms with Crippen molar-refractivity contribution < 1.29 is 19.0 Å². The number of nitrogens with two attached hydrogens (primary N) is 1. The molecule has 0 spiro atoms. The second kappa shape index (κ2) is 8.53. The van der Waals surface area contributed by atoms with Crippen molar-refractivity contribution in [1.82, 2.24) is 0 Å². The minimum atomic E-state index is -0.782. The van der Waals surface area contributed by atoms with E-state index in [0.29, 0.717) is 13.2 Å². The number of rotatable bonds is 8. The van der Waals surface area contributed by atoms with E-state index in [1.54, 1.807) is 7.11 Å². The molecule has 2 rings (SSSR count). The van der Waals surface area contributed by atoms with Gasteiger partial charge in [0.05, 0.1) is 6.61 Å². The fraction of sp³-hybridized carbons (Fsp3) is 0.350. The summed E-state index contributed by atoms with van der Waals surface area (Å²) >= 11 is 0. The summed E-state index contributed by atoms with van der Waals surface area (Å²) in [7, 11) is 1.68. The molecule has 0 saturated carbocycles. The zero-order valence-electron chi connectivity index (χ0n) is 15.0. The Morgan fingerprint density at radius 3 is 2.04 bits per heavy atom. The lowest BCUT2D eigenvalue weighted by molar-refractivity contribution is 0.0432. The summed E-state index contributed by atoms with van der Waals surface area (Å²) in [5, 5.41) is 0. The highest BCUT2D eigenvalue weighted by atomic mass is 16.6. The Hall–Kier alpha value is -2.53. The van der Waals surface area contributed by atoms with Crippen LogP contribution in [0.3, 0.4) is 0 Å². The summed E-state index contributed by atoms with van der Waals surface area (Å²) in [5.74, 6) is 0.840. The number of hydrogen-bond acceptors (Lipinski definition) is 4. The van der Waals surface area contributed by atoms with Gasteiger partial charge in [-0.05, 0) is 42.7 Å². The molecule has 134 valence electrons. The SMILES string of the molecule is COCCCOc1ccc(-c2ccc(C(C)(C)OC(N)=O)cc2)cc1. The van der Waals surface area contributed by atoms with Gasteiger partial charge in [-0.2, -0.15) is 0 Å². The van der Waals surface area contributed by atoms with Gasteiger partial charge in [0, 0.05) is 20.1 Å². The van der Waals surface area contributed by atoms with Crippen LogP contribution in [0.4, 0.5) is 4.79 Å². The lowest BCUT2D eigenvalue weighted by Crippen LogP contribution is -2.28. The number of carbonyl (C=O) groups is 1. The molecule has 25 heavy (non-hydrogen) atoms. The van der Waals surface area contributed by atoms with Crippen LogP contribution in [0.1, 0.15) is 25.8 Å². The van der Waals surface area contributed by atoms with E-state index in [4.69, 9.17) is 19.9 Å². The van der Waals surface area contributed by atoms with E-state index >= 15 is 0 Å². The highest BCUT2D eigenvalue weighted by Gasteiger charge is 2.24. The van der Waals surface area contributed by atoms with Crippen LogP contribution in [-0.2, 0) is 15.1 Å². The van der Waals surface area contributed by atoms with Crippen molar-refractivity contribution in [2.24, 2.45) is 5.73 Å². The number of ether oxygens (including phenoxy) is 3. The minimum Gasteiger partial charge on any atom is -0.494 e. The molecule has 2 aromatic rings. The number of methoxy groups -OCH3 is 1. The Balaban J connectivity index is 2.03. The Kier molecular flexibility index (Phi) is 6.42. The van der Waals surface area contributed by atoms with E-state index < -0.39 is 11.7 Å². The topological polar surface area (TPSA) is 70.8 Å². The van der Waals surface area contributed by atoms with Crippen molar-refractivity contribution in [3.05, 3.63) is 54.1 Å². The maximum atomic E-state index is 11.0. The lowest BCUT2D eigenvalue weighted by atomic mass is 9.95. The quantitative estimate of drug-likeness (QED) is 0.733. The molecule has 0 aromatic heterocycles. The predicted octanol–water partition coefficient (Wildman–Crippen LogP) is 4.10. The maximum absolute atomic E-state index is 11.0. The average Bonchev–Trinajstić information content (AvgIpc) is 2.58. The Morgan fingerprint density at radius 1 is 0.960 bits per heavy atom. The maximum Gasteiger partial charge on any atom is 0.405 e. The summed E-state index contributed by atoms with van der Waals surface area (Å²) in [6.07, 6.45) is 0.0817. The highest BCUT2D eigenvalue weighted by Crippen LogP contribution is 2.28. The van der Waals surface area contributed by atoms with Gasteiger partial charge < -0.3 is 19.9 Å². The second-order valence-corrected chi connectivity index (χ2v) is 6.23. The van der Waals surface area contributed by atoms with Crippen LogP contribution in [-0.4, -0.2) is 26.4 Å². The molecule has 0 heterocycles. The summed E-state index contributed by atoms with van der Waals surface area (Å²) in [4.78, 5) is 11.0. The lowest BCUT2D eigenvalue weighted by Gasteiger charge is -2.24. The Morgan fingerprint density at radius 2 is 1.52 bits per heavy atom. The molecule has 1 amide bonds. The van der Waals surface area contributed by atoms with Gasteiger partial charge in [-0.25, -0.2) is 4.79 Å². The molecule has 2 aromatic carbocycles. The molecule has 0 aliphatic rings. The number of hydrogen-bond donors (Lipinski definition) is 1. The van der Waals surface area contributed by atoms with Gasteiger partial charge in [0.2, 0.25) is 0 Å². The summed E-state index contributed by atoms with van der Waals surface area (Å²) in [6, 6.07) is 15.8. The molecular formula is C20H25NO4. The Bertz CT molecular complexity index is 678. The van der Waals surface area contributed by atoms with Gasteiger partial charge >= 0.3 is 6.09 Å². The smallest absolute Gasteiger partial charge is 0.405 e. The number of benzene rings is 2. The molecule has 0 bridgehead atoms. The first-order valence-electron chi connectivity index (χ1n) is 8.23. The van der Waals surface area contributed by atoms with Gasteiger partial charge in [-0.1, -0.05) is 36.4 Å². The van der Waals surface area contributed by atoms with E-state index in [1.807, 2.05) is 62.4 Å². The summed E-state index contributed by atoms with van der Waals surface area (Å²) in [6.45, 7) is 4.95. The van der Waals surface area contributed by atoms with Gasteiger partial charge in [0.15, 0.2) is 0 Å². The summed E-state index contributed by atoms with van der Waals surface area (Å²) < 4.78 is 15.8. The third kappa shape index (κ3) is 5.50. The van der Waals surface area contributed by atoms with Gasteiger partial charge in [-0.15, -0.1) is 0 Å². The molecule has 0 radical (unpaired) electrons. The average molecular weight is 343 g/mol. The number of amides is 1. The summed E-state index contributed by atoms with van der Waals surface area (Å²) in [5.41, 5.74) is 7.41. The van der Waals surface area contributed by atoms with Crippen LogP contribution < -0.4 is 10.5 Å². The number of carbonyl (C=O) groups excluding carboxylic acids is 1. The minimum absolute atomic E-state index is 0.636. The van der Waals surface area contributed by atoms with Crippen LogP contribution in [0.25, 0.3) is 11.1 Å². The standard InChI is InChI=1S/C20H25NO4/c1-20(2,25-19(21)22)17-9-5-15(6-10-17)16-7-11-18(12-8-16)24-14-4-13-23-3/h5-12H,4,13-14H2,1-3H3,(H2,21,22). The van der Waals surface area contributed by atoms with Crippen molar-refractivity contribution in [2.45, 2.75) is 25.9 Å². The van der Waals surface area contributed by atoms with Gasteiger partial charge in [0.25, 0.3) is 0 Å². The van der Waals surface area contributed by atoms with Crippen LogP contribution in [0.5, 0.6) is 5.75 Å². The molecule has 2 N–H and O–H groups in total. The fourth-order valence-corrected chi connectivity index (χ4v) is 2.51. The van der Waals surface area contributed by atoms with Crippen LogP contribution in [0.2, 0.25) is 0 Å². The van der Waals surface area contributed by atoms with Crippen molar-refractivity contribution in [3.63, 3.8) is 0 Å². The molecule has 0 atom stereocenters. The Labute approximate surface area is 148 Å². The zero-order chi connectivity index (χ0) is 18.3. The largest absolute Gasteiger partial charge is 0.494 e. The normalized spacial score (nSPS) is 11.2. The predicted molar refractivity (Wildman–Crippen MR) is 97.6 cm³/mol. The van der Waals surface area contributed by atoms with E-state index in [0.717, 1.165) is 28.9 Å². The first-order valence-corrected chi connectivity index (χ1v) is 8.23. The van der Waals surface area contributed by atoms with E-state index in [1.165, 1.54) is 0 Å². The van der Waals surface area contributed by atoms with E-state index in [2.05, 4.69) is 0 Å². The van der Waals surface area contributed by atoms with Crippen molar-refractivity contribution >= 4 is 6.09 Å². The van der Waals surface area contributed by atoms with Gasteiger partial charge in [0.1, 0.15) is 11.4 Å². The van der Waals surface area contributed by atoms with E-state index in [9.17, 15) is 4.79 Å². The third-order valence-electron chi connectivity index (χ3n) is 3.89. The first-order chi connectivity index (χ1) is 11.9. The highest BCUT2D eigenvalue weighted by molar-refractivity contribution is 5.66. The molecule has 5 nitrogen and oxygen atoms in total. The fourth-order valence-electron chi connectivity index (χ4n) is 2.51. The van der Waals surface area contributed by atoms with Crippen LogP contribution >= 0.6 is 0 Å². The third-order valence-corrected chi connectivity index (χ3v) is 3.89. The van der Waals surface area contributed by atoms with Gasteiger partial charge in [-0.3, -0.25) is 0 Å². The molecule has 0 aliphatic heterocycles. The monoisotopic (exact) mass is 343 g/mol. The molecular weight excluding hydrogens is 318 g/mol.